The molecule has 2 nitrogen and oxygen atoms in total. The molecule has 0 aliphatic heterocycles. The maximum absolute atomic E-state index is 10.9. The van der Waals surface area contributed by atoms with Crippen LogP contribution in [0.2, 0.25) is 0 Å². The van der Waals surface area contributed by atoms with Gasteiger partial charge in [-0.15, -0.1) is 0 Å². The van der Waals surface area contributed by atoms with E-state index in [1.54, 1.807) is 0 Å². The number of hydrogen-bond acceptors (Lipinski definition) is 1. The molecule has 1 fully saturated rings. The standard InChI is InChI=1S/C11H12O2/c1-11(10(12)13)7-9(11)8-5-3-2-4-6-8/h2-6,9H,7H2,1H3,(H,12,13)/t9-,11-/m1/s1. The van der Waals surface area contributed by atoms with Gasteiger partial charge in [0.2, 0.25) is 0 Å². The van der Waals surface area contributed by atoms with Gasteiger partial charge in [0, 0.05) is 5.92 Å². The fourth-order valence-electron chi connectivity index (χ4n) is 1.77. The fourth-order valence-corrected chi connectivity index (χ4v) is 1.77. The first-order chi connectivity index (χ1) is 6.14. The van der Waals surface area contributed by atoms with Crippen LogP contribution in [0.4, 0.5) is 0 Å². The van der Waals surface area contributed by atoms with Gasteiger partial charge in [-0.3, -0.25) is 4.79 Å². The predicted octanol–water partition coefficient (Wildman–Crippen LogP) is 2.26. The number of carboxylic acid groups (broad SMARTS) is 1. The van der Waals surface area contributed by atoms with E-state index in [9.17, 15) is 4.79 Å². The summed E-state index contributed by atoms with van der Waals surface area (Å²) in [5.74, 6) is -0.465. The predicted molar refractivity (Wildman–Crippen MR) is 49.5 cm³/mol. The quantitative estimate of drug-likeness (QED) is 0.750. The second-order valence-electron chi connectivity index (χ2n) is 3.89. The van der Waals surface area contributed by atoms with Crippen molar-refractivity contribution in [2.75, 3.05) is 0 Å². The third-order valence-electron chi connectivity index (χ3n) is 2.93. The van der Waals surface area contributed by atoms with Gasteiger partial charge < -0.3 is 5.11 Å². The highest BCUT2D eigenvalue weighted by atomic mass is 16.4. The SMILES string of the molecule is C[C@@]1(C(=O)O)C[C@@H]1c1ccccc1. The number of rotatable bonds is 2. The van der Waals surface area contributed by atoms with Gasteiger partial charge in [0.1, 0.15) is 0 Å². The molecule has 2 rings (SSSR count). The van der Waals surface area contributed by atoms with Crippen molar-refractivity contribution in [1.29, 1.82) is 0 Å². The molecule has 0 amide bonds. The van der Waals surface area contributed by atoms with E-state index < -0.39 is 11.4 Å². The van der Waals surface area contributed by atoms with E-state index in [1.165, 1.54) is 0 Å². The average molecular weight is 176 g/mol. The zero-order chi connectivity index (χ0) is 9.47. The van der Waals surface area contributed by atoms with Crippen molar-refractivity contribution in [3.05, 3.63) is 35.9 Å². The molecule has 0 heterocycles. The van der Waals surface area contributed by atoms with E-state index in [-0.39, 0.29) is 5.92 Å². The first-order valence-electron chi connectivity index (χ1n) is 4.43. The van der Waals surface area contributed by atoms with Crippen molar-refractivity contribution in [2.24, 2.45) is 5.41 Å². The Morgan fingerprint density at radius 1 is 1.46 bits per heavy atom. The highest BCUT2D eigenvalue weighted by Gasteiger charge is 2.56. The molecule has 1 saturated carbocycles. The van der Waals surface area contributed by atoms with Crippen molar-refractivity contribution in [1.82, 2.24) is 0 Å². The summed E-state index contributed by atoms with van der Waals surface area (Å²) in [6.45, 7) is 1.81. The van der Waals surface area contributed by atoms with E-state index in [0.29, 0.717) is 0 Å². The van der Waals surface area contributed by atoms with Crippen LogP contribution in [0.5, 0.6) is 0 Å². The number of hydrogen-bond donors (Lipinski definition) is 1. The molecule has 0 spiro atoms. The molecule has 1 aliphatic carbocycles. The Balaban J connectivity index is 2.21. The Kier molecular flexibility index (Phi) is 1.65. The van der Waals surface area contributed by atoms with Crippen LogP contribution in [-0.4, -0.2) is 11.1 Å². The average Bonchev–Trinajstić information content (AvgIpc) is 2.81. The zero-order valence-electron chi connectivity index (χ0n) is 7.53. The van der Waals surface area contributed by atoms with Crippen LogP contribution in [0, 0.1) is 5.41 Å². The molecule has 0 saturated heterocycles. The molecule has 0 aromatic heterocycles. The van der Waals surface area contributed by atoms with Gasteiger partial charge in [-0.2, -0.15) is 0 Å². The van der Waals surface area contributed by atoms with Crippen LogP contribution in [0.25, 0.3) is 0 Å². The van der Waals surface area contributed by atoms with Crippen molar-refractivity contribution in [3.8, 4) is 0 Å². The van der Waals surface area contributed by atoms with Crippen molar-refractivity contribution >= 4 is 5.97 Å². The van der Waals surface area contributed by atoms with Crippen LogP contribution < -0.4 is 0 Å². The number of carbonyl (C=O) groups is 1. The molecule has 0 unspecified atom stereocenters. The summed E-state index contributed by atoms with van der Waals surface area (Å²) in [6, 6.07) is 9.85. The summed E-state index contributed by atoms with van der Waals surface area (Å²) < 4.78 is 0. The van der Waals surface area contributed by atoms with Gasteiger partial charge in [-0.1, -0.05) is 30.3 Å². The van der Waals surface area contributed by atoms with Gasteiger partial charge >= 0.3 is 5.97 Å². The lowest BCUT2D eigenvalue weighted by Crippen LogP contribution is -2.12. The summed E-state index contributed by atoms with van der Waals surface area (Å²) in [5, 5.41) is 8.94. The molecule has 2 atom stereocenters. The van der Waals surface area contributed by atoms with Crippen LogP contribution in [0.15, 0.2) is 30.3 Å². The van der Waals surface area contributed by atoms with E-state index >= 15 is 0 Å². The second-order valence-corrected chi connectivity index (χ2v) is 3.89. The summed E-state index contributed by atoms with van der Waals surface area (Å²) in [5.41, 5.74) is 0.633. The Bertz CT molecular complexity index is 331. The van der Waals surface area contributed by atoms with Crippen LogP contribution >= 0.6 is 0 Å². The highest BCUT2D eigenvalue weighted by molar-refractivity contribution is 5.79. The van der Waals surface area contributed by atoms with Crippen molar-refractivity contribution in [3.63, 3.8) is 0 Å². The maximum Gasteiger partial charge on any atom is 0.309 e. The summed E-state index contributed by atoms with van der Waals surface area (Å²) >= 11 is 0. The van der Waals surface area contributed by atoms with E-state index in [0.717, 1.165) is 12.0 Å². The summed E-state index contributed by atoms with van der Waals surface area (Å²) in [7, 11) is 0. The lowest BCUT2D eigenvalue weighted by atomic mass is 10.0. The molecule has 0 bridgehead atoms. The van der Waals surface area contributed by atoms with Gasteiger partial charge in [0.15, 0.2) is 0 Å². The largest absolute Gasteiger partial charge is 0.481 e. The minimum absolute atomic E-state index is 0.214. The van der Waals surface area contributed by atoms with Gasteiger partial charge in [-0.05, 0) is 18.9 Å². The first-order valence-corrected chi connectivity index (χ1v) is 4.43. The molecular weight excluding hydrogens is 164 g/mol. The minimum atomic E-state index is -0.679. The normalized spacial score (nSPS) is 31.3. The van der Waals surface area contributed by atoms with E-state index in [2.05, 4.69) is 0 Å². The van der Waals surface area contributed by atoms with E-state index in [1.807, 2.05) is 37.3 Å². The van der Waals surface area contributed by atoms with Gasteiger partial charge in [0.25, 0.3) is 0 Å². The zero-order valence-corrected chi connectivity index (χ0v) is 7.53. The minimum Gasteiger partial charge on any atom is -0.481 e. The molecule has 1 aromatic carbocycles. The molecule has 13 heavy (non-hydrogen) atoms. The molecule has 1 aliphatic rings. The van der Waals surface area contributed by atoms with Crippen molar-refractivity contribution < 1.29 is 9.90 Å². The van der Waals surface area contributed by atoms with Crippen LogP contribution in [0.3, 0.4) is 0 Å². The Morgan fingerprint density at radius 3 is 2.54 bits per heavy atom. The third-order valence-corrected chi connectivity index (χ3v) is 2.93. The molecule has 68 valence electrons. The van der Waals surface area contributed by atoms with Crippen LogP contribution in [0.1, 0.15) is 24.8 Å². The Hall–Kier alpha value is -1.31. The molecule has 2 heteroatoms. The van der Waals surface area contributed by atoms with Crippen molar-refractivity contribution in [2.45, 2.75) is 19.3 Å². The van der Waals surface area contributed by atoms with E-state index in [4.69, 9.17) is 5.11 Å². The molecule has 0 radical (unpaired) electrons. The fraction of sp³-hybridized carbons (Fsp3) is 0.364. The number of benzene rings is 1. The van der Waals surface area contributed by atoms with Crippen LogP contribution in [-0.2, 0) is 4.79 Å². The Labute approximate surface area is 77.2 Å². The highest BCUT2D eigenvalue weighted by Crippen LogP contribution is 2.58. The summed E-state index contributed by atoms with van der Waals surface area (Å²) in [6.07, 6.45) is 0.770. The maximum atomic E-state index is 10.9. The second kappa shape index (κ2) is 2.59. The summed E-state index contributed by atoms with van der Waals surface area (Å²) in [4.78, 5) is 10.9. The topological polar surface area (TPSA) is 37.3 Å². The monoisotopic (exact) mass is 176 g/mol. The van der Waals surface area contributed by atoms with Gasteiger partial charge in [0.05, 0.1) is 5.41 Å². The molecular formula is C11H12O2. The Morgan fingerprint density at radius 2 is 2.08 bits per heavy atom. The molecule has 1 N–H and O–H groups in total. The molecule has 1 aromatic rings. The lowest BCUT2D eigenvalue weighted by Gasteiger charge is -2.04. The lowest BCUT2D eigenvalue weighted by molar-refractivity contribution is -0.142. The number of carboxylic acids is 1. The first kappa shape index (κ1) is 8.30. The smallest absolute Gasteiger partial charge is 0.309 e. The number of aliphatic carboxylic acids is 1. The van der Waals surface area contributed by atoms with Gasteiger partial charge in [-0.25, -0.2) is 0 Å². The third kappa shape index (κ3) is 1.22.